The number of hydrogen-bond acceptors (Lipinski definition) is 2. The molecule has 0 aromatic carbocycles. The molecule has 3 unspecified atom stereocenters. The van der Waals surface area contributed by atoms with Gasteiger partial charge in [0.15, 0.2) is 0 Å². The first-order chi connectivity index (χ1) is 8.36. The summed E-state index contributed by atoms with van der Waals surface area (Å²) in [6, 6.07) is 0.0255. The lowest BCUT2D eigenvalue weighted by Crippen LogP contribution is -2.40. The molecule has 18 heavy (non-hydrogen) atoms. The van der Waals surface area contributed by atoms with E-state index in [4.69, 9.17) is 0 Å². The highest BCUT2D eigenvalue weighted by Crippen LogP contribution is 2.23. The highest BCUT2D eigenvalue weighted by Gasteiger charge is 2.40. The van der Waals surface area contributed by atoms with E-state index in [1.165, 1.54) is 0 Å². The second-order valence-corrected chi connectivity index (χ2v) is 6.56. The Morgan fingerprint density at radius 1 is 1.17 bits per heavy atom. The predicted octanol–water partition coefficient (Wildman–Crippen LogP) is 2.86. The van der Waals surface area contributed by atoms with E-state index >= 15 is 0 Å². The van der Waals surface area contributed by atoms with E-state index in [0.29, 0.717) is 23.7 Å². The molecule has 0 aliphatic carbocycles. The van der Waals surface area contributed by atoms with E-state index in [1.54, 1.807) is 0 Å². The maximum Gasteiger partial charge on any atom is 0.241 e. The summed E-state index contributed by atoms with van der Waals surface area (Å²) in [5.41, 5.74) is 0. The molecule has 3 heteroatoms. The van der Waals surface area contributed by atoms with Crippen LogP contribution in [0.3, 0.4) is 0 Å². The fourth-order valence-electron chi connectivity index (χ4n) is 2.60. The number of rotatable bonds is 6. The van der Waals surface area contributed by atoms with Gasteiger partial charge in [0, 0.05) is 6.54 Å². The Hall–Kier alpha value is -0.570. The van der Waals surface area contributed by atoms with Crippen molar-refractivity contribution in [1.29, 1.82) is 0 Å². The number of carbonyl (C=O) groups excluding carboxylic acids is 1. The van der Waals surface area contributed by atoms with Crippen LogP contribution < -0.4 is 5.32 Å². The topological polar surface area (TPSA) is 32.3 Å². The summed E-state index contributed by atoms with van der Waals surface area (Å²) >= 11 is 0. The Morgan fingerprint density at radius 3 is 2.22 bits per heavy atom. The first-order valence-corrected chi connectivity index (χ1v) is 7.43. The van der Waals surface area contributed by atoms with Crippen LogP contribution in [0.4, 0.5) is 0 Å². The third-order valence-electron chi connectivity index (χ3n) is 3.77. The molecular formula is C15H30N2O. The van der Waals surface area contributed by atoms with Gasteiger partial charge >= 0.3 is 0 Å². The Bertz CT molecular complexity index is 276. The third-order valence-corrected chi connectivity index (χ3v) is 3.77. The van der Waals surface area contributed by atoms with E-state index in [1.807, 2.05) is 0 Å². The van der Waals surface area contributed by atoms with Crippen LogP contribution in [-0.4, -0.2) is 29.6 Å². The van der Waals surface area contributed by atoms with Gasteiger partial charge in [0.1, 0.15) is 0 Å². The monoisotopic (exact) mass is 254 g/mol. The lowest BCUT2D eigenvalue weighted by Gasteiger charge is -2.27. The second kappa shape index (κ2) is 6.55. The van der Waals surface area contributed by atoms with Crippen molar-refractivity contribution in [3.8, 4) is 0 Å². The van der Waals surface area contributed by atoms with Crippen LogP contribution in [0.1, 0.15) is 54.4 Å². The van der Waals surface area contributed by atoms with Crippen molar-refractivity contribution in [2.45, 2.75) is 66.6 Å². The minimum absolute atomic E-state index is 0.0255. The fourth-order valence-corrected chi connectivity index (χ4v) is 2.60. The first kappa shape index (κ1) is 15.5. The van der Waals surface area contributed by atoms with Gasteiger partial charge in [-0.2, -0.15) is 0 Å². The molecule has 0 aromatic heterocycles. The largest absolute Gasteiger partial charge is 0.326 e. The smallest absolute Gasteiger partial charge is 0.241 e. The Balaban J connectivity index is 2.78. The van der Waals surface area contributed by atoms with E-state index in [9.17, 15) is 4.79 Å². The van der Waals surface area contributed by atoms with Crippen molar-refractivity contribution in [3.63, 3.8) is 0 Å². The molecule has 1 heterocycles. The van der Waals surface area contributed by atoms with Crippen molar-refractivity contribution in [1.82, 2.24) is 10.2 Å². The SMILES string of the molecule is CCC(C)C1NC(CC(C)C)N(CC(C)C)C1=O. The third kappa shape index (κ3) is 3.71. The number of carbonyl (C=O) groups is 1. The molecule has 106 valence electrons. The van der Waals surface area contributed by atoms with E-state index in [2.05, 4.69) is 51.8 Å². The van der Waals surface area contributed by atoms with Gasteiger partial charge in [-0.25, -0.2) is 0 Å². The highest BCUT2D eigenvalue weighted by atomic mass is 16.2. The average molecular weight is 254 g/mol. The van der Waals surface area contributed by atoms with Gasteiger partial charge in [0.2, 0.25) is 5.91 Å². The summed E-state index contributed by atoms with van der Waals surface area (Å²) in [4.78, 5) is 14.6. The summed E-state index contributed by atoms with van der Waals surface area (Å²) in [6.45, 7) is 14.0. The summed E-state index contributed by atoms with van der Waals surface area (Å²) in [6.07, 6.45) is 2.33. The van der Waals surface area contributed by atoms with Crippen LogP contribution in [0.2, 0.25) is 0 Å². The molecule has 1 saturated heterocycles. The predicted molar refractivity (Wildman–Crippen MR) is 76.2 cm³/mol. The van der Waals surface area contributed by atoms with Crippen molar-refractivity contribution in [2.24, 2.45) is 17.8 Å². The van der Waals surface area contributed by atoms with Gasteiger partial charge < -0.3 is 4.90 Å². The number of hydrogen-bond donors (Lipinski definition) is 1. The molecule has 1 fully saturated rings. The summed E-state index contributed by atoms with van der Waals surface area (Å²) in [7, 11) is 0. The van der Waals surface area contributed by atoms with Crippen LogP contribution in [0.25, 0.3) is 0 Å². The molecule has 0 radical (unpaired) electrons. The molecule has 3 nitrogen and oxygen atoms in total. The average Bonchev–Trinajstić information content (AvgIpc) is 2.55. The normalized spacial score (nSPS) is 26.4. The van der Waals surface area contributed by atoms with Gasteiger partial charge in [-0.3, -0.25) is 10.1 Å². The number of nitrogens with zero attached hydrogens (tertiary/aromatic N) is 1. The van der Waals surface area contributed by atoms with Crippen LogP contribution in [0.15, 0.2) is 0 Å². The van der Waals surface area contributed by atoms with Gasteiger partial charge in [-0.05, 0) is 24.2 Å². The molecule has 0 spiro atoms. The molecule has 1 N–H and O–H groups in total. The van der Waals surface area contributed by atoms with Crippen LogP contribution in [0.5, 0.6) is 0 Å². The van der Waals surface area contributed by atoms with E-state index in [-0.39, 0.29) is 12.2 Å². The van der Waals surface area contributed by atoms with Crippen LogP contribution >= 0.6 is 0 Å². The summed E-state index contributed by atoms with van der Waals surface area (Å²) in [5, 5.41) is 3.55. The molecule has 0 bridgehead atoms. The molecule has 1 rings (SSSR count). The standard InChI is InChI=1S/C15H30N2O/c1-7-12(6)14-15(18)17(9-11(4)5)13(16-14)8-10(2)3/h10-14,16H,7-9H2,1-6H3. The van der Waals surface area contributed by atoms with Gasteiger partial charge in [0.25, 0.3) is 0 Å². The maximum atomic E-state index is 12.5. The molecule has 0 aromatic rings. The number of amides is 1. The van der Waals surface area contributed by atoms with Crippen molar-refractivity contribution < 1.29 is 4.79 Å². The summed E-state index contributed by atoms with van der Waals surface area (Å²) in [5.74, 6) is 1.87. The highest BCUT2D eigenvalue weighted by molar-refractivity contribution is 5.84. The van der Waals surface area contributed by atoms with Gasteiger partial charge in [0.05, 0.1) is 12.2 Å². The zero-order valence-electron chi connectivity index (χ0n) is 12.9. The Kier molecular flexibility index (Phi) is 5.64. The minimum atomic E-state index is 0.0255. The Morgan fingerprint density at radius 2 is 1.78 bits per heavy atom. The first-order valence-electron chi connectivity index (χ1n) is 7.43. The molecule has 0 saturated carbocycles. The molecule has 1 amide bonds. The quantitative estimate of drug-likeness (QED) is 0.790. The Labute approximate surface area is 112 Å². The minimum Gasteiger partial charge on any atom is -0.326 e. The maximum absolute atomic E-state index is 12.5. The zero-order chi connectivity index (χ0) is 13.9. The van der Waals surface area contributed by atoms with E-state index in [0.717, 1.165) is 19.4 Å². The summed E-state index contributed by atoms with van der Waals surface area (Å²) < 4.78 is 0. The lowest BCUT2D eigenvalue weighted by atomic mass is 9.99. The zero-order valence-corrected chi connectivity index (χ0v) is 12.9. The van der Waals surface area contributed by atoms with Crippen LogP contribution in [0, 0.1) is 17.8 Å². The molecular weight excluding hydrogens is 224 g/mol. The van der Waals surface area contributed by atoms with E-state index < -0.39 is 0 Å². The molecule has 1 aliphatic rings. The van der Waals surface area contributed by atoms with Crippen LogP contribution in [-0.2, 0) is 4.79 Å². The second-order valence-electron chi connectivity index (χ2n) is 6.56. The molecule has 1 aliphatic heterocycles. The van der Waals surface area contributed by atoms with Gasteiger partial charge in [-0.15, -0.1) is 0 Å². The van der Waals surface area contributed by atoms with Crippen molar-refractivity contribution in [2.75, 3.05) is 6.54 Å². The van der Waals surface area contributed by atoms with Crippen molar-refractivity contribution in [3.05, 3.63) is 0 Å². The van der Waals surface area contributed by atoms with Crippen molar-refractivity contribution >= 4 is 5.91 Å². The van der Waals surface area contributed by atoms with Gasteiger partial charge in [-0.1, -0.05) is 48.0 Å². The fraction of sp³-hybridized carbons (Fsp3) is 0.933. The lowest BCUT2D eigenvalue weighted by molar-refractivity contribution is -0.131. The molecule has 3 atom stereocenters. The number of nitrogens with one attached hydrogen (secondary N) is 1.